The molecule has 2 heterocycles. The van der Waals surface area contributed by atoms with Crippen molar-refractivity contribution >= 4 is 16.5 Å². The molecule has 1 N–H and O–H groups in total. The molecule has 3 heteroatoms. The van der Waals surface area contributed by atoms with Crippen molar-refractivity contribution in [1.82, 2.24) is 10.3 Å². The maximum atomic E-state index is 4.23. The van der Waals surface area contributed by atoms with Crippen molar-refractivity contribution in [2.75, 3.05) is 18.0 Å². The number of nitrogens with zero attached hydrogens (tertiary/aromatic N) is 2. The Bertz CT molecular complexity index is 601. The summed E-state index contributed by atoms with van der Waals surface area (Å²) >= 11 is 0. The Kier molecular flexibility index (Phi) is 3.07. The van der Waals surface area contributed by atoms with Crippen molar-refractivity contribution in [2.45, 2.75) is 37.8 Å². The van der Waals surface area contributed by atoms with E-state index in [1.807, 2.05) is 12.4 Å². The van der Waals surface area contributed by atoms with E-state index in [4.69, 9.17) is 0 Å². The summed E-state index contributed by atoms with van der Waals surface area (Å²) in [5.74, 6) is 0. The van der Waals surface area contributed by atoms with Gasteiger partial charge in [-0.1, -0.05) is 12.1 Å². The van der Waals surface area contributed by atoms with E-state index in [1.165, 1.54) is 48.7 Å². The van der Waals surface area contributed by atoms with Gasteiger partial charge in [-0.05, 0) is 37.8 Å². The lowest BCUT2D eigenvalue weighted by molar-refractivity contribution is 0.421. The maximum Gasteiger partial charge on any atom is 0.0447 e. The number of piperidine rings is 1. The normalized spacial score (nSPS) is 23.2. The molecule has 0 amide bonds. The first-order valence-corrected chi connectivity index (χ1v) is 7.74. The van der Waals surface area contributed by atoms with E-state index in [0.717, 1.165) is 12.6 Å². The highest BCUT2D eigenvalue weighted by molar-refractivity contribution is 5.93. The number of hydrogen-bond acceptors (Lipinski definition) is 3. The molecular weight excluding hydrogens is 246 g/mol. The van der Waals surface area contributed by atoms with Crippen LogP contribution in [0.15, 0.2) is 36.7 Å². The first-order valence-electron chi connectivity index (χ1n) is 7.74. The summed E-state index contributed by atoms with van der Waals surface area (Å²) in [6.45, 7) is 2.31. The SMILES string of the molecule is c1cc(N2CCCC(NC3CC3)C2)c2ccncc2c1. The monoisotopic (exact) mass is 267 g/mol. The molecule has 1 saturated carbocycles. The molecule has 1 saturated heterocycles. The molecule has 4 rings (SSSR count). The molecule has 1 aliphatic heterocycles. The Hall–Kier alpha value is -1.61. The lowest BCUT2D eigenvalue weighted by Crippen LogP contribution is -2.46. The summed E-state index contributed by atoms with van der Waals surface area (Å²) in [6.07, 6.45) is 9.20. The standard InChI is InChI=1S/C17H21N3/c1-3-13-11-18-9-8-16(13)17(5-1)20-10-2-4-15(12-20)19-14-6-7-14/h1,3,5,8-9,11,14-15,19H,2,4,6-7,10,12H2. The second-order valence-electron chi connectivity index (χ2n) is 6.10. The van der Waals surface area contributed by atoms with Crippen LogP contribution >= 0.6 is 0 Å². The third kappa shape index (κ3) is 2.38. The Labute approximate surface area is 120 Å². The maximum absolute atomic E-state index is 4.23. The van der Waals surface area contributed by atoms with Crippen LogP contribution in [0.4, 0.5) is 5.69 Å². The van der Waals surface area contributed by atoms with Crippen LogP contribution in [0, 0.1) is 0 Å². The molecule has 1 unspecified atom stereocenters. The van der Waals surface area contributed by atoms with Crippen molar-refractivity contribution in [3.05, 3.63) is 36.7 Å². The topological polar surface area (TPSA) is 28.2 Å². The van der Waals surface area contributed by atoms with Crippen LogP contribution in [0.5, 0.6) is 0 Å². The van der Waals surface area contributed by atoms with Gasteiger partial charge in [-0.25, -0.2) is 0 Å². The van der Waals surface area contributed by atoms with Crippen molar-refractivity contribution in [2.24, 2.45) is 0 Å². The highest BCUT2D eigenvalue weighted by Gasteiger charge is 2.28. The minimum absolute atomic E-state index is 0.661. The van der Waals surface area contributed by atoms with Crippen LogP contribution in [-0.2, 0) is 0 Å². The fraction of sp³-hybridized carbons (Fsp3) is 0.471. The van der Waals surface area contributed by atoms with Gasteiger partial charge in [0.25, 0.3) is 0 Å². The van der Waals surface area contributed by atoms with Crippen molar-refractivity contribution < 1.29 is 0 Å². The highest BCUT2D eigenvalue weighted by atomic mass is 15.2. The van der Waals surface area contributed by atoms with E-state index in [2.05, 4.69) is 39.5 Å². The van der Waals surface area contributed by atoms with E-state index in [-0.39, 0.29) is 0 Å². The second-order valence-corrected chi connectivity index (χ2v) is 6.10. The molecule has 2 aliphatic rings. The van der Waals surface area contributed by atoms with Crippen molar-refractivity contribution in [3.8, 4) is 0 Å². The molecule has 0 radical (unpaired) electrons. The Morgan fingerprint density at radius 2 is 2.05 bits per heavy atom. The number of anilines is 1. The van der Waals surface area contributed by atoms with Gasteiger partial charge < -0.3 is 10.2 Å². The first kappa shape index (κ1) is 12.2. The fourth-order valence-corrected chi connectivity index (χ4v) is 3.30. The van der Waals surface area contributed by atoms with Gasteiger partial charge >= 0.3 is 0 Å². The van der Waals surface area contributed by atoms with Gasteiger partial charge in [-0.3, -0.25) is 4.98 Å². The number of nitrogens with one attached hydrogen (secondary N) is 1. The smallest absolute Gasteiger partial charge is 0.0447 e. The Morgan fingerprint density at radius 1 is 1.10 bits per heavy atom. The van der Waals surface area contributed by atoms with Gasteiger partial charge in [0.15, 0.2) is 0 Å². The Balaban J connectivity index is 1.61. The number of aromatic nitrogens is 1. The molecule has 2 fully saturated rings. The molecule has 1 aromatic heterocycles. The zero-order chi connectivity index (χ0) is 13.4. The van der Waals surface area contributed by atoms with E-state index < -0.39 is 0 Å². The summed E-state index contributed by atoms with van der Waals surface area (Å²) in [5, 5.41) is 6.35. The zero-order valence-corrected chi connectivity index (χ0v) is 11.8. The number of pyridine rings is 1. The fourth-order valence-electron chi connectivity index (χ4n) is 3.30. The third-order valence-corrected chi connectivity index (χ3v) is 4.47. The lowest BCUT2D eigenvalue weighted by Gasteiger charge is -2.35. The number of rotatable bonds is 3. The zero-order valence-electron chi connectivity index (χ0n) is 11.8. The van der Waals surface area contributed by atoms with Crippen LogP contribution in [0.2, 0.25) is 0 Å². The highest BCUT2D eigenvalue weighted by Crippen LogP contribution is 2.29. The summed E-state index contributed by atoms with van der Waals surface area (Å²) in [4.78, 5) is 6.78. The van der Waals surface area contributed by atoms with Gasteiger partial charge in [-0.15, -0.1) is 0 Å². The molecule has 1 atom stereocenters. The molecule has 3 nitrogen and oxygen atoms in total. The molecule has 0 bridgehead atoms. The van der Waals surface area contributed by atoms with Gasteiger partial charge in [0.2, 0.25) is 0 Å². The average molecular weight is 267 g/mol. The number of hydrogen-bond donors (Lipinski definition) is 1. The van der Waals surface area contributed by atoms with Crippen LogP contribution < -0.4 is 10.2 Å². The van der Waals surface area contributed by atoms with E-state index >= 15 is 0 Å². The Morgan fingerprint density at radius 3 is 2.95 bits per heavy atom. The van der Waals surface area contributed by atoms with Gasteiger partial charge in [0, 0.05) is 54.0 Å². The van der Waals surface area contributed by atoms with Gasteiger partial charge in [0.05, 0.1) is 0 Å². The molecule has 104 valence electrons. The predicted molar refractivity (Wildman–Crippen MR) is 83.1 cm³/mol. The summed E-state index contributed by atoms with van der Waals surface area (Å²) < 4.78 is 0. The summed E-state index contributed by atoms with van der Waals surface area (Å²) in [5.41, 5.74) is 1.37. The van der Waals surface area contributed by atoms with Crippen LogP contribution in [-0.4, -0.2) is 30.2 Å². The number of fused-ring (bicyclic) bond motifs is 1. The third-order valence-electron chi connectivity index (χ3n) is 4.47. The second kappa shape index (κ2) is 5.06. The van der Waals surface area contributed by atoms with Crippen molar-refractivity contribution in [1.29, 1.82) is 0 Å². The van der Waals surface area contributed by atoms with Crippen LogP contribution in [0.3, 0.4) is 0 Å². The molecular formula is C17H21N3. The summed E-state index contributed by atoms with van der Waals surface area (Å²) in [6, 6.07) is 10.2. The molecule has 1 aromatic carbocycles. The van der Waals surface area contributed by atoms with Gasteiger partial charge in [0.1, 0.15) is 0 Å². The minimum Gasteiger partial charge on any atom is -0.369 e. The minimum atomic E-state index is 0.661. The predicted octanol–water partition coefficient (Wildman–Crippen LogP) is 2.96. The molecule has 1 aliphatic carbocycles. The van der Waals surface area contributed by atoms with Crippen molar-refractivity contribution in [3.63, 3.8) is 0 Å². The van der Waals surface area contributed by atoms with Gasteiger partial charge in [-0.2, -0.15) is 0 Å². The number of benzene rings is 1. The summed E-state index contributed by atoms with van der Waals surface area (Å²) in [7, 11) is 0. The quantitative estimate of drug-likeness (QED) is 0.926. The molecule has 20 heavy (non-hydrogen) atoms. The van der Waals surface area contributed by atoms with E-state index in [9.17, 15) is 0 Å². The van der Waals surface area contributed by atoms with Crippen LogP contribution in [0.1, 0.15) is 25.7 Å². The molecule has 0 spiro atoms. The largest absolute Gasteiger partial charge is 0.369 e. The van der Waals surface area contributed by atoms with Crippen LogP contribution in [0.25, 0.3) is 10.8 Å². The van der Waals surface area contributed by atoms with E-state index in [0.29, 0.717) is 6.04 Å². The lowest BCUT2D eigenvalue weighted by atomic mass is 10.0. The first-order chi connectivity index (χ1) is 9.90. The molecule has 2 aromatic rings. The van der Waals surface area contributed by atoms with E-state index in [1.54, 1.807) is 0 Å². The average Bonchev–Trinajstić information content (AvgIpc) is 3.31.